The number of nitrogens with one attached hydrogen (secondary N) is 1. The molecule has 0 saturated carbocycles. The topological polar surface area (TPSA) is 71.1 Å². The minimum Gasteiger partial charge on any atom is -0.486 e. The third kappa shape index (κ3) is 4.66. The van der Waals surface area contributed by atoms with Gasteiger partial charge in [-0.1, -0.05) is 26.0 Å². The zero-order chi connectivity index (χ0) is 18.5. The molecule has 0 aromatic heterocycles. The fourth-order valence-corrected chi connectivity index (χ4v) is 3.14. The summed E-state index contributed by atoms with van der Waals surface area (Å²) >= 11 is 0. The van der Waals surface area contributed by atoms with Gasteiger partial charge in [-0.15, -0.1) is 0 Å². The molecule has 0 aliphatic carbocycles. The second-order valence-electron chi connectivity index (χ2n) is 7.06. The van der Waals surface area contributed by atoms with Crippen molar-refractivity contribution in [1.82, 2.24) is 15.1 Å². The third-order valence-corrected chi connectivity index (χ3v) is 4.64. The Balaban J connectivity index is 1.37. The van der Waals surface area contributed by atoms with Gasteiger partial charge in [0.15, 0.2) is 11.5 Å². The molecule has 1 aromatic rings. The quantitative estimate of drug-likeness (QED) is 0.838. The standard InChI is InChI=1S/C19H27N3O4/c1-14(2)19(24)22-9-7-21(8-10-22)12-18(23)20-11-15-13-25-16-5-3-4-6-17(16)26-15/h3-6,14-15H,7-13H2,1-2H3,(H,20,23). The molecule has 0 spiro atoms. The molecule has 2 heterocycles. The molecule has 1 atom stereocenters. The lowest BCUT2D eigenvalue weighted by Gasteiger charge is -2.35. The summed E-state index contributed by atoms with van der Waals surface area (Å²) in [6.45, 7) is 7.82. The van der Waals surface area contributed by atoms with Crippen LogP contribution in [0.5, 0.6) is 11.5 Å². The van der Waals surface area contributed by atoms with Gasteiger partial charge in [0.25, 0.3) is 0 Å². The van der Waals surface area contributed by atoms with Gasteiger partial charge in [0.1, 0.15) is 12.7 Å². The van der Waals surface area contributed by atoms with Crippen LogP contribution >= 0.6 is 0 Å². The van der Waals surface area contributed by atoms with E-state index in [9.17, 15) is 9.59 Å². The van der Waals surface area contributed by atoms with Crippen molar-refractivity contribution in [2.24, 2.45) is 5.92 Å². The van der Waals surface area contributed by atoms with E-state index in [0.29, 0.717) is 38.5 Å². The van der Waals surface area contributed by atoms with Crippen LogP contribution in [-0.4, -0.2) is 73.6 Å². The maximum atomic E-state index is 12.2. The summed E-state index contributed by atoms with van der Waals surface area (Å²) in [5.74, 6) is 1.63. The van der Waals surface area contributed by atoms with Crippen LogP contribution in [0.2, 0.25) is 0 Å². The molecule has 7 heteroatoms. The summed E-state index contributed by atoms with van der Waals surface area (Å²) in [4.78, 5) is 28.1. The van der Waals surface area contributed by atoms with Crippen molar-refractivity contribution in [3.05, 3.63) is 24.3 Å². The molecule has 0 radical (unpaired) electrons. The third-order valence-electron chi connectivity index (χ3n) is 4.64. The highest BCUT2D eigenvalue weighted by atomic mass is 16.6. The molecule has 2 aliphatic rings. The first-order valence-electron chi connectivity index (χ1n) is 9.19. The van der Waals surface area contributed by atoms with Crippen molar-refractivity contribution in [1.29, 1.82) is 0 Å². The highest BCUT2D eigenvalue weighted by Gasteiger charge is 2.25. The molecule has 2 amide bonds. The molecular weight excluding hydrogens is 334 g/mol. The molecule has 1 aromatic carbocycles. The molecule has 3 rings (SSSR count). The van der Waals surface area contributed by atoms with Crippen LogP contribution in [0.3, 0.4) is 0 Å². The molecule has 142 valence electrons. The predicted molar refractivity (Wildman–Crippen MR) is 97.2 cm³/mol. The number of hydrogen-bond acceptors (Lipinski definition) is 5. The zero-order valence-corrected chi connectivity index (χ0v) is 15.4. The Morgan fingerprint density at radius 1 is 1.15 bits per heavy atom. The van der Waals surface area contributed by atoms with E-state index in [2.05, 4.69) is 10.2 Å². The normalized spacial score (nSPS) is 20.1. The van der Waals surface area contributed by atoms with Gasteiger partial charge in [-0.25, -0.2) is 0 Å². The molecule has 0 bridgehead atoms. The number of rotatable bonds is 5. The minimum absolute atomic E-state index is 0.0210. The molecule has 1 N–H and O–H groups in total. The Morgan fingerprint density at radius 3 is 2.54 bits per heavy atom. The van der Waals surface area contributed by atoms with E-state index < -0.39 is 0 Å². The van der Waals surface area contributed by atoms with Crippen molar-refractivity contribution < 1.29 is 19.1 Å². The van der Waals surface area contributed by atoms with Crippen LogP contribution in [0.15, 0.2) is 24.3 Å². The van der Waals surface area contributed by atoms with Gasteiger partial charge in [-0.3, -0.25) is 14.5 Å². The fraction of sp³-hybridized carbons (Fsp3) is 0.579. The molecule has 2 aliphatic heterocycles. The van der Waals surface area contributed by atoms with Crippen LogP contribution in [0.25, 0.3) is 0 Å². The summed E-state index contributed by atoms with van der Waals surface area (Å²) in [5, 5.41) is 2.92. The molecule has 1 unspecified atom stereocenters. The van der Waals surface area contributed by atoms with E-state index in [1.54, 1.807) is 0 Å². The number of fused-ring (bicyclic) bond motifs is 1. The summed E-state index contributed by atoms with van der Waals surface area (Å²) in [5.41, 5.74) is 0. The van der Waals surface area contributed by atoms with Gasteiger partial charge in [0.05, 0.1) is 13.1 Å². The van der Waals surface area contributed by atoms with E-state index in [0.717, 1.165) is 18.8 Å². The second-order valence-corrected chi connectivity index (χ2v) is 7.06. The number of piperazine rings is 1. The van der Waals surface area contributed by atoms with Gasteiger partial charge in [-0.2, -0.15) is 0 Å². The summed E-state index contributed by atoms with van der Waals surface area (Å²) in [6.07, 6.45) is -0.186. The lowest BCUT2D eigenvalue weighted by Crippen LogP contribution is -2.52. The van der Waals surface area contributed by atoms with Crippen LogP contribution in [0, 0.1) is 5.92 Å². The molecule has 1 fully saturated rings. The van der Waals surface area contributed by atoms with Gasteiger partial charge in [0, 0.05) is 32.1 Å². The maximum Gasteiger partial charge on any atom is 0.234 e. The van der Waals surface area contributed by atoms with Crippen LogP contribution in [-0.2, 0) is 9.59 Å². The number of para-hydroxylation sites is 2. The number of carbonyl (C=O) groups excluding carboxylic acids is 2. The first kappa shape index (κ1) is 18.5. The van der Waals surface area contributed by atoms with E-state index in [-0.39, 0.29) is 23.8 Å². The second kappa shape index (κ2) is 8.40. The van der Waals surface area contributed by atoms with Crippen LogP contribution in [0.4, 0.5) is 0 Å². The fourth-order valence-electron chi connectivity index (χ4n) is 3.14. The Hall–Kier alpha value is -2.28. The summed E-state index contributed by atoms with van der Waals surface area (Å²) in [6, 6.07) is 7.53. The van der Waals surface area contributed by atoms with Gasteiger partial charge >= 0.3 is 0 Å². The Morgan fingerprint density at radius 2 is 1.85 bits per heavy atom. The monoisotopic (exact) mass is 361 g/mol. The highest BCUT2D eigenvalue weighted by Crippen LogP contribution is 2.30. The van der Waals surface area contributed by atoms with Crippen molar-refractivity contribution in [2.75, 3.05) is 45.9 Å². The highest BCUT2D eigenvalue weighted by molar-refractivity contribution is 5.79. The molecule has 7 nitrogen and oxygen atoms in total. The maximum absolute atomic E-state index is 12.2. The Bertz CT molecular complexity index is 641. The SMILES string of the molecule is CC(C)C(=O)N1CCN(CC(=O)NCC2COc3ccccc3O2)CC1. The van der Waals surface area contributed by atoms with Crippen molar-refractivity contribution in [3.8, 4) is 11.5 Å². The summed E-state index contributed by atoms with van der Waals surface area (Å²) in [7, 11) is 0. The average Bonchev–Trinajstić information content (AvgIpc) is 2.66. The Labute approximate surface area is 154 Å². The average molecular weight is 361 g/mol. The number of carbonyl (C=O) groups is 2. The van der Waals surface area contributed by atoms with Gasteiger partial charge in [-0.05, 0) is 12.1 Å². The molecule has 1 saturated heterocycles. The van der Waals surface area contributed by atoms with E-state index in [1.165, 1.54) is 0 Å². The van der Waals surface area contributed by atoms with Crippen molar-refractivity contribution in [2.45, 2.75) is 20.0 Å². The number of benzene rings is 1. The lowest BCUT2D eigenvalue weighted by atomic mass is 10.1. The zero-order valence-electron chi connectivity index (χ0n) is 15.4. The molecule has 26 heavy (non-hydrogen) atoms. The first-order chi connectivity index (χ1) is 12.5. The van der Waals surface area contributed by atoms with Gasteiger partial charge in [0.2, 0.25) is 11.8 Å². The lowest BCUT2D eigenvalue weighted by molar-refractivity contribution is -0.136. The predicted octanol–water partition coefficient (Wildman–Crippen LogP) is 0.743. The van der Waals surface area contributed by atoms with Crippen LogP contribution in [0.1, 0.15) is 13.8 Å². The van der Waals surface area contributed by atoms with Crippen molar-refractivity contribution >= 4 is 11.8 Å². The largest absolute Gasteiger partial charge is 0.486 e. The van der Waals surface area contributed by atoms with E-state index in [1.807, 2.05) is 43.0 Å². The number of ether oxygens (including phenoxy) is 2. The molecular formula is C19H27N3O4. The number of nitrogens with zero attached hydrogens (tertiary/aromatic N) is 2. The van der Waals surface area contributed by atoms with Crippen LogP contribution < -0.4 is 14.8 Å². The van der Waals surface area contributed by atoms with E-state index >= 15 is 0 Å². The number of hydrogen-bond donors (Lipinski definition) is 1. The number of amides is 2. The van der Waals surface area contributed by atoms with Crippen molar-refractivity contribution in [3.63, 3.8) is 0 Å². The van der Waals surface area contributed by atoms with E-state index in [4.69, 9.17) is 9.47 Å². The van der Waals surface area contributed by atoms with Gasteiger partial charge < -0.3 is 19.7 Å². The summed E-state index contributed by atoms with van der Waals surface area (Å²) < 4.78 is 11.5. The smallest absolute Gasteiger partial charge is 0.234 e. The first-order valence-corrected chi connectivity index (χ1v) is 9.19. The Kier molecular flexibility index (Phi) is 5.98. The minimum atomic E-state index is -0.186.